The molecule has 0 aliphatic carbocycles. The monoisotopic (exact) mass is 270 g/mol. The lowest BCUT2D eigenvalue weighted by Gasteiger charge is -2.30. The summed E-state index contributed by atoms with van der Waals surface area (Å²) in [4.78, 5) is 24.3. The predicted octanol–water partition coefficient (Wildman–Crippen LogP) is 1.98. The van der Waals surface area contributed by atoms with Crippen LogP contribution in [0, 0.1) is 5.92 Å². The molecule has 1 unspecified atom stereocenters. The number of nitrogens with zero attached hydrogens (tertiary/aromatic N) is 1. The molecule has 1 fully saturated rings. The number of amides is 3. The van der Waals surface area contributed by atoms with E-state index in [1.54, 1.807) is 6.92 Å². The van der Waals surface area contributed by atoms with Gasteiger partial charge in [-0.1, -0.05) is 6.92 Å². The first-order chi connectivity index (χ1) is 8.97. The summed E-state index contributed by atoms with van der Waals surface area (Å²) in [5.41, 5.74) is 0.512. The molecular weight excluding hydrogens is 258 g/mol. The highest BCUT2D eigenvalue weighted by molar-refractivity contribution is 6.06. The van der Waals surface area contributed by atoms with Crippen LogP contribution in [-0.4, -0.2) is 25.1 Å². The van der Waals surface area contributed by atoms with Crippen molar-refractivity contribution in [3.8, 4) is 5.75 Å². The molecule has 0 aromatic heterocycles. The average Bonchev–Trinajstić information content (AvgIpc) is 2.34. The van der Waals surface area contributed by atoms with Gasteiger partial charge in [0.1, 0.15) is 5.75 Å². The number of rotatable bonds is 3. The Kier molecular flexibility index (Phi) is 3.64. The maximum absolute atomic E-state index is 12.0. The number of halogens is 2. The van der Waals surface area contributed by atoms with Crippen molar-refractivity contribution in [3.05, 3.63) is 24.3 Å². The van der Waals surface area contributed by atoms with Gasteiger partial charge in [-0.05, 0) is 24.3 Å². The van der Waals surface area contributed by atoms with Gasteiger partial charge in [-0.25, -0.2) is 4.79 Å². The molecule has 3 amide bonds. The molecule has 5 nitrogen and oxygen atoms in total. The highest BCUT2D eigenvalue weighted by Crippen LogP contribution is 2.23. The van der Waals surface area contributed by atoms with E-state index in [4.69, 9.17) is 0 Å². The minimum atomic E-state index is -2.89. The number of hydrogen-bond acceptors (Lipinski definition) is 3. The molecular formula is C12H12F2N2O3. The van der Waals surface area contributed by atoms with Crippen molar-refractivity contribution in [2.75, 3.05) is 11.4 Å². The summed E-state index contributed by atoms with van der Waals surface area (Å²) in [6.07, 6.45) is 0. The number of imide groups is 1. The Morgan fingerprint density at radius 2 is 1.95 bits per heavy atom. The Balaban J connectivity index is 2.13. The number of carbonyl (C=O) groups is 2. The molecule has 1 aromatic rings. The lowest BCUT2D eigenvalue weighted by Crippen LogP contribution is -2.53. The van der Waals surface area contributed by atoms with E-state index in [0.717, 1.165) is 0 Å². The van der Waals surface area contributed by atoms with E-state index in [0.29, 0.717) is 5.69 Å². The van der Waals surface area contributed by atoms with Gasteiger partial charge in [0.15, 0.2) is 0 Å². The van der Waals surface area contributed by atoms with Crippen LogP contribution in [-0.2, 0) is 4.79 Å². The van der Waals surface area contributed by atoms with Crippen LogP contribution in [0.4, 0.5) is 19.3 Å². The van der Waals surface area contributed by atoms with Crippen molar-refractivity contribution in [2.24, 2.45) is 5.92 Å². The summed E-state index contributed by atoms with van der Waals surface area (Å²) in [5, 5.41) is 2.22. The molecule has 0 bridgehead atoms. The number of alkyl halides is 2. The predicted molar refractivity (Wildman–Crippen MR) is 63.1 cm³/mol. The normalized spacial score (nSPS) is 19.6. The third-order valence-corrected chi connectivity index (χ3v) is 2.75. The molecule has 1 heterocycles. The molecule has 102 valence electrons. The lowest BCUT2D eigenvalue weighted by molar-refractivity contribution is -0.123. The summed E-state index contributed by atoms with van der Waals surface area (Å²) in [6.45, 7) is -0.940. The Labute approximate surface area is 108 Å². The van der Waals surface area contributed by atoms with Crippen LogP contribution in [0.15, 0.2) is 24.3 Å². The lowest BCUT2D eigenvalue weighted by atomic mass is 10.1. The van der Waals surface area contributed by atoms with Crippen molar-refractivity contribution in [2.45, 2.75) is 13.5 Å². The fourth-order valence-electron chi connectivity index (χ4n) is 1.77. The van der Waals surface area contributed by atoms with E-state index < -0.39 is 12.6 Å². The quantitative estimate of drug-likeness (QED) is 0.913. The van der Waals surface area contributed by atoms with Crippen molar-refractivity contribution in [3.63, 3.8) is 0 Å². The number of anilines is 1. The topological polar surface area (TPSA) is 58.6 Å². The molecule has 1 saturated heterocycles. The van der Waals surface area contributed by atoms with E-state index in [2.05, 4.69) is 10.1 Å². The molecule has 0 saturated carbocycles. The summed E-state index contributed by atoms with van der Waals surface area (Å²) >= 11 is 0. The molecule has 1 aliphatic rings. The smallest absolute Gasteiger partial charge is 0.387 e. The summed E-state index contributed by atoms with van der Waals surface area (Å²) in [6, 6.07) is 5.14. The maximum Gasteiger partial charge on any atom is 0.387 e. The van der Waals surface area contributed by atoms with Crippen LogP contribution in [0.1, 0.15) is 6.92 Å². The largest absolute Gasteiger partial charge is 0.435 e. The highest BCUT2D eigenvalue weighted by Gasteiger charge is 2.29. The first-order valence-electron chi connectivity index (χ1n) is 5.64. The maximum atomic E-state index is 12.0. The first-order valence-corrected chi connectivity index (χ1v) is 5.64. The van der Waals surface area contributed by atoms with Gasteiger partial charge in [0.25, 0.3) is 0 Å². The van der Waals surface area contributed by atoms with Gasteiger partial charge in [0.2, 0.25) is 5.91 Å². The molecule has 1 atom stereocenters. The minimum Gasteiger partial charge on any atom is -0.435 e. The van der Waals surface area contributed by atoms with Crippen LogP contribution in [0.2, 0.25) is 0 Å². The van der Waals surface area contributed by atoms with Gasteiger partial charge >= 0.3 is 12.6 Å². The SMILES string of the molecule is CC1CN(c2ccc(OC(F)F)cc2)C(=O)NC1=O. The zero-order chi connectivity index (χ0) is 14.0. The van der Waals surface area contributed by atoms with Crippen molar-refractivity contribution in [1.82, 2.24) is 5.32 Å². The molecule has 1 aromatic carbocycles. The second-order valence-corrected chi connectivity index (χ2v) is 4.18. The number of urea groups is 1. The van der Waals surface area contributed by atoms with Gasteiger partial charge in [-0.3, -0.25) is 15.0 Å². The van der Waals surface area contributed by atoms with Gasteiger partial charge in [0.05, 0.1) is 5.92 Å². The zero-order valence-corrected chi connectivity index (χ0v) is 10.1. The minimum absolute atomic E-state index is 0.0142. The number of hydrogen-bond donors (Lipinski definition) is 1. The zero-order valence-electron chi connectivity index (χ0n) is 10.1. The molecule has 7 heteroatoms. The summed E-state index contributed by atoms with van der Waals surface area (Å²) < 4.78 is 28.2. The van der Waals surface area contributed by atoms with E-state index in [-0.39, 0.29) is 24.1 Å². The summed E-state index contributed by atoms with van der Waals surface area (Å²) in [7, 11) is 0. The van der Waals surface area contributed by atoms with Gasteiger partial charge in [-0.15, -0.1) is 0 Å². The van der Waals surface area contributed by atoms with Crippen LogP contribution in [0.25, 0.3) is 0 Å². The van der Waals surface area contributed by atoms with Crippen LogP contribution < -0.4 is 15.0 Å². The fraction of sp³-hybridized carbons (Fsp3) is 0.333. The van der Waals surface area contributed by atoms with Crippen LogP contribution >= 0.6 is 0 Å². The van der Waals surface area contributed by atoms with Crippen molar-refractivity contribution in [1.29, 1.82) is 0 Å². The Morgan fingerprint density at radius 1 is 1.32 bits per heavy atom. The number of benzene rings is 1. The molecule has 19 heavy (non-hydrogen) atoms. The number of ether oxygens (including phenoxy) is 1. The fourth-order valence-corrected chi connectivity index (χ4v) is 1.77. The summed E-state index contributed by atoms with van der Waals surface area (Å²) in [5.74, 6) is -0.631. The van der Waals surface area contributed by atoms with Gasteiger partial charge in [0, 0.05) is 12.2 Å². The Bertz CT molecular complexity index is 490. The van der Waals surface area contributed by atoms with Gasteiger partial charge < -0.3 is 4.74 Å². The third kappa shape index (κ3) is 2.98. The number of nitrogens with one attached hydrogen (secondary N) is 1. The Hall–Kier alpha value is -2.18. The Morgan fingerprint density at radius 3 is 2.53 bits per heavy atom. The third-order valence-electron chi connectivity index (χ3n) is 2.75. The van der Waals surface area contributed by atoms with E-state index in [1.165, 1.54) is 29.2 Å². The second-order valence-electron chi connectivity index (χ2n) is 4.18. The van der Waals surface area contributed by atoms with Crippen molar-refractivity contribution >= 4 is 17.6 Å². The molecule has 1 aliphatic heterocycles. The first kappa shape index (κ1) is 13.3. The van der Waals surface area contributed by atoms with Crippen LogP contribution in [0.3, 0.4) is 0 Å². The van der Waals surface area contributed by atoms with Crippen LogP contribution in [0.5, 0.6) is 5.75 Å². The van der Waals surface area contributed by atoms with Gasteiger partial charge in [-0.2, -0.15) is 8.78 Å². The van der Waals surface area contributed by atoms with E-state index in [1.807, 2.05) is 0 Å². The molecule has 0 radical (unpaired) electrons. The highest BCUT2D eigenvalue weighted by atomic mass is 19.3. The van der Waals surface area contributed by atoms with E-state index in [9.17, 15) is 18.4 Å². The van der Waals surface area contributed by atoms with E-state index >= 15 is 0 Å². The van der Waals surface area contributed by atoms with Crippen molar-refractivity contribution < 1.29 is 23.1 Å². The number of carbonyl (C=O) groups excluding carboxylic acids is 2. The molecule has 0 spiro atoms. The second kappa shape index (κ2) is 5.21. The standard InChI is InChI=1S/C12H12F2N2O3/c1-7-6-16(12(18)15-10(7)17)8-2-4-9(5-3-8)19-11(13)14/h2-5,7,11H,6H2,1H3,(H,15,17,18). The average molecular weight is 270 g/mol. The molecule has 2 rings (SSSR count). The molecule has 1 N–H and O–H groups in total.